The number of nitrogens with zero attached hydrogens (tertiary/aromatic N) is 3. The van der Waals surface area contributed by atoms with Crippen molar-refractivity contribution in [1.29, 1.82) is 0 Å². The van der Waals surface area contributed by atoms with E-state index in [1.807, 2.05) is 60.7 Å². The highest BCUT2D eigenvalue weighted by atomic mass is 16.3. The molecule has 0 fully saturated rings. The Hall–Kier alpha value is -7.17. The Bertz CT molecular complexity index is 2920. The number of furan rings is 1. The normalized spacial score (nSPS) is 11.4. The Labute approximate surface area is 306 Å². The summed E-state index contributed by atoms with van der Waals surface area (Å²) in [5.74, 6) is 1.82. The van der Waals surface area contributed by atoms with Gasteiger partial charge in [0.15, 0.2) is 17.5 Å². The number of hydrogen-bond donors (Lipinski definition) is 0. The van der Waals surface area contributed by atoms with Gasteiger partial charge >= 0.3 is 0 Å². The molecule has 4 heteroatoms. The van der Waals surface area contributed by atoms with Crippen molar-refractivity contribution in [3.8, 4) is 67.5 Å². The molecule has 0 atom stereocenters. The maximum Gasteiger partial charge on any atom is 0.164 e. The van der Waals surface area contributed by atoms with Crippen LogP contribution in [0, 0.1) is 0 Å². The molecule has 0 saturated carbocycles. The van der Waals surface area contributed by atoms with Crippen LogP contribution in [0.4, 0.5) is 0 Å². The van der Waals surface area contributed by atoms with Crippen molar-refractivity contribution in [2.75, 3.05) is 0 Å². The van der Waals surface area contributed by atoms with Crippen molar-refractivity contribution in [2.45, 2.75) is 0 Å². The molecule has 8 aromatic carbocycles. The van der Waals surface area contributed by atoms with Crippen LogP contribution in [0.1, 0.15) is 0 Å². The summed E-state index contributed by atoms with van der Waals surface area (Å²) in [4.78, 5) is 15.6. The Morgan fingerprint density at radius 2 is 0.698 bits per heavy atom. The predicted octanol–water partition coefficient (Wildman–Crippen LogP) is 12.9. The van der Waals surface area contributed by atoms with E-state index in [9.17, 15) is 0 Å². The summed E-state index contributed by atoms with van der Waals surface area (Å²) >= 11 is 0. The summed E-state index contributed by atoms with van der Waals surface area (Å²) in [6, 6.07) is 65.1. The number of rotatable bonds is 6. The molecule has 0 saturated heterocycles. The molecule has 2 aromatic heterocycles. The average Bonchev–Trinajstić information content (AvgIpc) is 3.63. The molecule has 0 N–H and O–H groups in total. The molecule has 10 aromatic rings. The van der Waals surface area contributed by atoms with E-state index in [1.165, 1.54) is 22.3 Å². The van der Waals surface area contributed by atoms with Gasteiger partial charge in [-0.1, -0.05) is 170 Å². The van der Waals surface area contributed by atoms with Crippen molar-refractivity contribution >= 4 is 32.7 Å². The van der Waals surface area contributed by atoms with Crippen LogP contribution in [0.15, 0.2) is 192 Å². The minimum atomic E-state index is 0.590. The summed E-state index contributed by atoms with van der Waals surface area (Å²) < 4.78 is 6.54. The average molecular weight is 678 g/mol. The minimum absolute atomic E-state index is 0.590. The Morgan fingerprint density at radius 3 is 1.36 bits per heavy atom. The predicted molar refractivity (Wildman–Crippen MR) is 217 cm³/mol. The molecule has 0 radical (unpaired) electrons. The second kappa shape index (κ2) is 12.9. The topological polar surface area (TPSA) is 51.8 Å². The highest BCUT2D eigenvalue weighted by molar-refractivity contribution is 6.17. The van der Waals surface area contributed by atoms with Gasteiger partial charge in [-0.2, -0.15) is 0 Å². The molecule has 2 heterocycles. The lowest BCUT2D eigenvalue weighted by atomic mass is 9.94. The van der Waals surface area contributed by atoms with E-state index in [0.717, 1.165) is 60.5 Å². The summed E-state index contributed by atoms with van der Waals surface area (Å²) in [6.07, 6.45) is 0. The molecule has 0 spiro atoms. The van der Waals surface area contributed by atoms with E-state index in [0.29, 0.717) is 17.5 Å². The van der Waals surface area contributed by atoms with Gasteiger partial charge in [0.05, 0.1) is 0 Å². The fourth-order valence-corrected chi connectivity index (χ4v) is 7.46. The third kappa shape index (κ3) is 5.45. The first-order valence-electron chi connectivity index (χ1n) is 17.8. The SMILES string of the molecule is c1ccc(-c2ccc(-c3cccc4oc5cccc(-c6nc(-c7ccccc7)nc(-c7ccc(-c8ccccc8)c8ccccc78)n6)c5c34)cc2)cc1. The fourth-order valence-electron chi connectivity index (χ4n) is 7.46. The first-order valence-corrected chi connectivity index (χ1v) is 17.8. The van der Waals surface area contributed by atoms with E-state index in [4.69, 9.17) is 19.4 Å². The Kier molecular flexibility index (Phi) is 7.43. The van der Waals surface area contributed by atoms with Crippen LogP contribution in [0.25, 0.3) is 100 Å². The van der Waals surface area contributed by atoms with Crippen LogP contribution in [-0.4, -0.2) is 15.0 Å². The molecule has 0 amide bonds. The monoisotopic (exact) mass is 677 g/mol. The van der Waals surface area contributed by atoms with E-state index in [-0.39, 0.29) is 0 Å². The smallest absolute Gasteiger partial charge is 0.164 e. The zero-order valence-corrected chi connectivity index (χ0v) is 28.6. The van der Waals surface area contributed by atoms with Gasteiger partial charge in [-0.3, -0.25) is 0 Å². The molecule has 0 bridgehead atoms. The van der Waals surface area contributed by atoms with Crippen LogP contribution >= 0.6 is 0 Å². The summed E-state index contributed by atoms with van der Waals surface area (Å²) in [6.45, 7) is 0. The summed E-state index contributed by atoms with van der Waals surface area (Å²) in [5, 5.41) is 4.24. The van der Waals surface area contributed by atoms with Crippen molar-refractivity contribution in [1.82, 2.24) is 15.0 Å². The molecular formula is C49H31N3O. The molecule has 0 unspecified atom stereocenters. The van der Waals surface area contributed by atoms with Gasteiger partial charge in [-0.15, -0.1) is 0 Å². The number of aromatic nitrogens is 3. The van der Waals surface area contributed by atoms with Crippen molar-refractivity contribution in [2.24, 2.45) is 0 Å². The molecule has 0 aliphatic carbocycles. The lowest BCUT2D eigenvalue weighted by molar-refractivity contribution is 0.669. The lowest BCUT2D eigenvalue weighted by Crippen LogP contribution is -2.01. The second-order valence-electron chi connectivity index (χ2n) is 13.1. The zero-order valence-electron chi connectivity index (χ0n) is 28.6. The first-order chi connectivity index (χ1) is 26.3. The molecule has 248 valence electrons. The number of benzene rings is 8. The highest BCUT2D eigenvalue weighted by Gasteiger charge is 2.21. The third-order valence-electron chi connectivity index (χ3n) is 9.98. The first kappa shape index (κ1) is 30.6. The number of hydrogen-bond acceptors (Lipinski definition) is 4. The standard InChI is InChI=1S/C49H31N3O/c1-4-14-32(15-5-1)33-26-28-35(29-27-33)38-22-12-24-43-45(38)46-42(23-13-25-44(46)53-43)49-51-47(36-18-8-3-9-19-36)50-48(52-49)41-31-30-37(34-16-6-2-7-17-34)39-20-10-11-21-40(39)41/h1-31H. The van der Waals surface area contributed by atoms with Gasteiger partial charge in [0, 0.05) is 27.5 Å². The van der Waals surface area contributed by atoms with Crippen LogP contribution < -0.4 is 0 Å². The molecule has 4 nitrogen and oxygen atoms in total. The molecule has 53 heavy (non-hydrogen) atoms. The largest absolute Gasteiger partial charge is 0.456 e. The highest BCUT2D eigenvalue weighted by Crippen LogP contribution is 2.42. The van der Waals surface area contributed by atoms with Gasteiger partial charge in [0.2, 0.25) is 0 Å². The second-order valence-corrected chi connectivity index (χ2v) is 13.1. The number of fused-ring (bicyclic) bond motifs is 4. The van der Waals surface area contributed by atoms with Gasteiger partial charge in [-0.25, -0.2) is 15.0 Å². The molecular weight excluding hydrogens is 647 g/mol. The fraction of sp³-hybridized carbons (Fsp3) is 0. The van der Waals surface area contributed by atoms with E-state index >= 15 is 0 Å². The zero-order chi connectivity index (χ0) is 35.1. The summed E-state index contributed by atoms with van der Waals surface area (Å²) in [7, 11) is 0. The van der Waals surface area contributed by atoms with E-state index in [2.05, 4.69) is 127 Å². The van der Waals surface area contributed by atoms with Crippen LogP contribution in [0.2, 0.25) is 0 Å². The molecule has 0 aliphatic rings. The van der Waals surface area contributed by atoms with Gasteiger partial charge in [0.25, 0.3) is 0 Å². The maximum atomic E-state index is 6.54. The Morgan fingerprint density at radius 1 is 0.264 bits per heavy atom. The van der Waals surface area contributed by atoms with E-state index in [1.54, 1.807) is 0 Å². The molecule has 0 aliphatic heterocycles. The van der Waals surface area contributed by atoms with Gasteiger partial charge in [-0.05, 0) is 62.4 Å². The van der Waals surface area contributed by atoms with Crippen LogP contribution in [0.3, 0.4) is 0 Å². The summed E-state index contributed by atoms with van der Waals surface area (Å²) in [5.41, 5.74) is 11.3. The molecule has 10 rings (SSSR count). The quantitative estimate of drug-likeness (QED) is 0.176. The van der Waals surface area contributed by atoms with Crippen molar-refractivity contribution in [3.05, 3.63) is 188 Å². The van der Waals surface area contributed by atoms with E-state index < -0.39 is 0 Å². The third-order valence-corrected chi connectivity index (χ3v) is 9.98. The van der Waals surface area contributed by atoms with Crippen LogP contribution in [0.5, 0.6) is 0 Å². The van der Waals surface area contributed by atoms with Gasteiger partial charge in [0.1, 0.15) is 11.2 Å². The van der Waals surface area contributed by atoms with Crippen molar-refractivity contribution < 1.29 is 4.42 Å². The van der Waals surface area contributed by atoms with Crippen molar-refractivity contribution in [3.63, 3.8) is 0 Å². The van der Waals surface area contributed by atoms with Crippen LogP contribution in [-0.2, 0) is 0 Å². The Balaban J connectivity index is 1.19. The lowest BCUT2D eigenvalue weighted by Gasteiger charge is -2.13. The van der Waals surface area contributed by atoms with Gasteiger partial charge < -0.3 is 4.42 Å². The minimum Gasteiger partial charge on any atom is -0.456 e. The maximum absolute atomic E-state index is 6.54.